The van der Waals surface area contributed by atoms with Crippen LogP contribution in [0.3, 0.4) is 0 Å². The number of anilines is 1. The Balaban J connectivity index is 0.000000132. The minimum Gasteiger partial charge on any atom is -0.383 e. The fourth-order valence-corrected chi connectivity index (χ4v) is 4.90. The molecule has 2 aromatic heterocycles. The van der Waals surface area contributed by atoms with Crippen molar-refractivity contribution in [1.29, 1.82) is 0 Å². The summed E-state index contributed by atoms with van der Waals surface area (Å²) in [6.07, 6.45) is 15.3. The van der Waals surface area contributed by atoms with Gasteiger partial charge in [-0.25, -0.2) is 4.98 Å². The number of fused-ring (bicyclic) bond motifs is 2. The fraction of sp³-hybridized carbons (Fsp3) is 0.435. The van der Waals surface area contributed by atoms with Crippen molar-refractivity contribution >= 4 is 49.0 Å². The van der Waals surface area contributed by atoms with E-state index in [0.29, 0.717) is 11.6 Å². The van der Waals surface area contributed by atoms with Gasteiger partial charge in [-0.2, -0.15) is 0 Å². The second kappa shape index (κ2) is 11.0. The largest absolute Gasteiger partial charge is 0.383 e. The smallest absolute Gasteiger partial charge is 0.137 e. The van der Waals surface area contributed by atoms with E-state index in [1.165, 1.54) is 43.4 Å². The SMILES string of the molecule is Nc1ncc(Br)cc1Br.O=C1CCCCC1.c1cnc2c(c1)C1=C(CCCC1)C2. The first kappa shape index (κ1) is 22.2. The first-order valence-electron chi connectivity index (χ1n) is 10.3. The number of nitrogens with two attached hydrogens (primary N) is 1. The third kappa shape index (κ3) is 6.48. The number of rotatable bonds is 0. The molecule has 1 saturated carbocycles. The lowest BCUT2D eigenvalue weighted by Gasteiger charge is -2.13. The molecule has 3 aliphatic rings. The van der Waals surface area contributed by atoms with Crippen molar-refractivity contribution in [2.45, 2.75) is 64.2 Å². The van der Waals surface area contributed by atoms with Gasteiger partial charge in [0.05, 0.1) is 10.2 Å². The van der Waals surface area contributed by atoms with Gasteiger partial charge in [-0.05, 0) is 93.7 Å². The van der Waals surface area contributed by atoms with Gasteiger partial charge in [-0.15, -0.1) is 0 Å². The van der Waals surface area contributed by atoms with E-state index in [1.54, 1.807) is 17.3 Å². The van der Waals surface area contributed by atoms with E-state index in [9.17, 15) is 4.79 Å². The second-order valence-electron chi connectivity index (χ2n) is 7.58. The Hall–Kier alpha value is -1.53. The molecule has 3 aliphatic carbocycles. The normalized spacial score (nSPS) is 17.4. The van der Waals surface area contributed by atoms with Crippen LogP contribution in [0.25, 0.3) is 5.57 Å². The highest BCUT2D eigenvalue weighted by molar-refractivity contribution is 9.11. The first-order chi connectivity index (χ1) is 14.0. The molecule has 154 valence electrons. The molecule has 2 aromatic rings. The Bertz CT molecular complexity index is 887. The van der Waals surface area contributed by atoms with Crippen LogP contribution in [0, 0.1) is 0 Å². The monoisotopic (exact) mass is 519 g/mol. The van der Waals surface area contributed by atoms with Crippen molar-refractivity contribution in [3.8, 4) is 0 Å². The third-order valence-electron chi connectivity index (χ3n) is 5.43. The number of allylic oxidation sites excluding steroid dienone is 2. The van der Waals surface area contributed by atoms with Crippen molar-refractivity contribution in [2.75, 3.05) is 5.73 Å². The summed E-state index contributed by atoms with van der Waals surface area (Å²) in [6.45, 7) is 0. The summed E-state index contributed by atoms with van der Waals surface area (Å²) in [5, 5.41) is 0. The van der Waals surface area contributed by atoms with Crippen LogP contribution in [0.15, 0.2) is 45.1 Å². The fourth-order valence-electron chi connectivity index (χ4n) is 3.92. The van der Waals surface area contributed by atoms with E-state index in [2.05, 4.69) is 54.0 Å². The highest BCUT2D eigenvalue weighted by atomic mass is 79.9. The molecule has 29 heavy (non-hydrogen) atoms. The summed E-state index contributed by atoms with van der Waals surface area (Å²) in [6, 6.07) is 6.14. The van der Waals surface area contributed by atoms with Gasteiger partial charge in [0.1, 0.15) is 11.6 Å². The van der Waals surface area contributed by atoms with Crippen LogP contribution in [0.2, 0.25) is 0 Å². The Morgan fingerprint density at radius 2 is 1.66 bits per heavy atom. The summed E-state index contributed by atoms with van der Waals surface area (Å²) >= 11 is 6.48. The van der Waals surface area contributed by atoms with Crippen molar-refractivity contribution in [2.24, 2.45) is 0 Å². The van der Waals surface area contributed by atoms with Gasteiger partial charge < -0.3 is 5.73 Å². The van der Waals surface area contributed by atoms with Crippen LogP contribution in [-0.2, 0) is 11.2 Å². The van der Waals surface area contributed by atoms with Crippen LogP contribution >= 0.6 is 31.9 Å². The molecule has 0 aromatic carbocycles. The zero-order chi connectivity index (χ0) is 20.6. The predicted octanol–water partition coefficient (Wildman–Crippen LogP) is 6.67. The highest BCUT2D eigenvalue weighted by Gasteiger charge is 2.23. The molecule has 0 amide bonds. The van der Waals surface area contributed by atoms with E-state index in [-0.39, 0.29) is 0 Å². The average molecular weight is 521 g/mol. The minimum absolute atomic E-state index is 0.464. The molecule has 4 nitrogen and oxygen atoms in total. The van der Waals surface area contributed by atoms with Crippen molar-refractivity contribution in [3.05, 3.63) is 56.4 Å². The Kier molecular flexibility index (Phi) is 8.42. The van der Waals surface area contributed by atoms with Crippen LogP contribution in [0.4, 0.5) is 5.82 Å². The molecule has 1 fully saturated rings. The quantitative estimate of drug-likeness (QED) is 0.421. The third-order valence-corrected chi connectivity index (χ3v) is 6.49. The van der Waals surface area contributed by atoms with Gasteiger partial charge in [0, 0.05) is 36.1 Å². The van der Waals surface area contributed by atoms with Crippen molar-refractivity contribution in [1.82, 2.24) is 9.97 Å². The number of carbonyl (C=O) groups is 1. The summed E-state index contributed by atoms with van der Waals surface area (Å²) in [5.41, 5.74) is 11.5. The first-order valence-corrected chi connectivity index (χ1v) is 11.9. The number of carbonyl (C=O) groups excluding carboxylic acids is 1. The van der Waals surface area contributed by atoms with E-state index in [1.807, 2.05) is 12.3 Å². The molecule has 0 bridgehead atoms. The molecular weight excluding hydrogens is 494 g/mol. The van der Waals surface area contributed by atoms with Crippen molar-refractivity contribution < 1.29 is 4.79 Å². The van der Waals surface area contributed by atoms with E-state index < -0.39 is 0 Å². The van der Waals surface area contributed by atoms with Crippen LogP contribution in [-0.4, -0.2) is 15.8 Å². The van der Waals surface area contributed by atoms with E-state index >= 15 is 0 Å². The molecule has 0 aliphatic heterocycles. The Labute approximate surface area is 189 Å². The average Bonchev–Trinajstić information content (AvgIpc) is 3.11. The molecule has 0 spiro atoms. The number of nitrogens with zero attached hydrogens (tertiary/aromatic N) is 2. The number of hydrogen-bond acceptors (Lipinski definition) is 4. The molecule has 0 saturated heterocycles. The molecule has 6 heteroatoms. The highest BCUT2D eigenvalue weighted by Crippen LogP contribution is 2.40. The van der Waals surface area contributed by atoms with Gasteiger partial charge in [0.15, 0.2) is 0 Å². The number of pyridine rings is 2. The zero-order valence-corrected chi connectivity index (χ0v) is 19.8. The van der Waals surface area contributed by atoms with Crippen LogP contribution in [0.5, 0.6) is 0 Å². The topological polar surface area (TPSA) is 68.9 Å². The standard InChI is InChI=1S/C12H13N.C6H10O.C5H4Br2N2/c1-2-5-10-9(4-1)8-12-11(10)6-3-7-13-12;7-6-4-2-1-3-5-6;6-3-1-4(7)5(8)9-2-3/h3,6-7H,1-2,4-5,8H2;1-5H2;1-2H,(H2,8,9). The maximum absolute atomic E-state index is 10.5. The zero-order valence-electron chi connectivity index (χ0n) is 16.6. The van der Waals surface area contributed by atoms with Crippen molar-refractivity contribution in [3.63, 3.8) is 0 Å². The molecule has 0 unspecified atom stereocenters. The summed E-state index contributed by atoms with van der Waals surface area (Å²) < 4.78 is 1.74. The molecule has 2 N–H and O–H groups in total. The Morgan fingerprint density at radius 1 is 0.931 bits per heavy atom. The van der Waals surface area contributed by atoms with E-state index in [4.69, 9.17) is 5.73 Å². The maximum Gasteiger partial charge on any atom is 0.137 e. The molecule has 5 rings (SSSR count). The minimum atomic E-state index is 0.464. The number of aromatic nitrogens is 2. The van der Waals surface area contributed by atoms with Crippen LogP contribution < -0.4 is 5.73 Å². The summed E-state index contributed by atoms with van der Waals surface area (Å²) in [5.74, 6) is 0.976. The lowest BCUT2D eigenvalue weighted by Crippen LogP contribution is -2.02. The summed E-state index contributed by atoms with van der Waals surface area (Å²) in [4.78, 5) is 18.8. The van der Waals surface area contributed by atoms with Gasteiger partial charge in [0.2, 0.25) is 0 Å². The van der Waals surface area contributed by atoms with Gasteiger partial charge in [-0.1, -0.05) is 18.1 Å². The molecule has 0 radical (unpaired) electrons. The van der Waals surface area contributed by atoms with Crippen LogP contribution in [0.1, 0.15) is 69.0 Å². The number of hydrogen-bond donors (Lipinski definition) is 1. The number of halogens is 2. The number of nitrogen functional groups attached to an aromatic ring is 1. The van der Waals surface area contributed by atoms with E-state index in [0.717, 1.165) is 41.0 Å². The lowest BCUT2D eigenvalue weighted by atomic mass is 9.92. The number of Topliss-reactive ketones (excluding diaryl/α,β-unsaturated/α-hetero) is 1. The van der Waals surface area contributed by atoms with Gasteiger partial charge >= 0.3 is 0 Å². The lowest BCUT2D eigenvalue weighted by molar-refractivity contribution is -0.120. The molecule has 0 atom stereocenters. The number of ketones is 1. The van der Waals surface area contributed by atoms with Gasteiger partial charge in [-0.3, -0.25) is 9.78 Å². The molecular formula is C23H27Br2N3O. The summed E-state index contributed by atoms with van der Waals surface area (Å²) in [7, 11) is 0. The molecule has 2 heterocycles. The second-order valence-corrected chi connectivity index (χ2v) is 9.35. The predicted molar refractivity (Wildman–Crippen MR) is 125 cm³/mol. The maximum atomic E-state index is 10.5. The Morgan fingerprint density at radius 3 is 2.31 bits per heavy atom. The van der Waals surface area contributed by atoms with Gasteiger partial charge in [0.25, 0.3) is 0 Å².